The summed E-state index contributed by atoms with van der Waals surface area (Å²) in [6.45, 7) is -0.220. The predicted octanol–water partition coefficient (Wildman–Crippen LogP) is 1.04. The van der Waals surface area contributed by atoms with Crippen LogP contribution in [0.4, 0.5) is 0 Å². The molecule has 106 valence electrons. The van der Waals surface area contributed by atoms with Crippen molar-refractivity contribution in [2.75, 3.05) is 20.8 Å². The summed E-state index contributed by atoms with van der Waals surface area (Å²) in [7, 11) is 4.65. The molecule has 7 heteroatoms. The Kier molecular flexibility index (Phi) is 4.19. The van der Waals surface area contributed by atoms with Gasteiger partial charge in [-0.25, -0.2) is 9.48 Å². The normalized spacial score (nSPS) is 10.2. The number of carbonyl (C=O) groups is 1. The molecule has 0 saturated heterocycles. The van der Waals surface area contributed by atoms with Crippen molar-refractivity contribution < 1.29 is 19.0 Å². The highest BCUT2D eigenvalue weighted by Gasteiger charge is 2.12. The first kappa shape index (κ1) is 13.9. The van der Waals surface area contributed by atoms with Crippen LogP contribution in [0.25, 0.3) is 11.4 Å². The molecular weight excluding hydrogens is 262 g/mol. The molecule has 2 aromatic rings. The van der Waals surface area contributed by atoms with Crippen molar-refractivity contribution in [2.45, 2.75) is 0 Å². The van der Waals surface area contributed by atoms with Crippen LogP contribution < -0.4 is 9.47 Å². The zero-order chi connectivity index (χ0) is 14.5. The Morgan fingerprint density at radius 1 is 1.25 bits per heavy atom. The van der Waals surface area contributed by atoms with Crippen molar-refractivity contribution in [3.8, 4) is 23.1 Å². The SMILES string of the molecule is COC(=O)COc1nc(-c2ccc(OC)cc2)n(C)n1. The second-order valence-corrected chi connectivity index (χ2v) is 3.93. The monoisotopic (exact) mass is 277 g/mol. The maximum absolute atomic E-state index is 11.0. The third-order valence-electron chi connectivity index (χ3n) is 2.64. The summed E-state index contributed by atoms with van der Waals surface area (Å²) < 4.78 is 16.3. The quantitative estimate of drug-likeness (QED) is 0.760. The number of rotatable bonds is 5. The van der Waals surface area contributed by atoms with E-state index < -0.39 is 5.97 Å². The van der Waals surface area contributed by atoms with Gasteiger partial charge in [-0.2, -0.15) is 4.98 Å². The van der Waals surface area contributed by atoms with Crippen LogP contribution in [0.5, 0.6) is 11.8 Å². The van der Waals surface area contributed by atoms with E-state index in [2.05, 4.69) is 14.8 Å². The van der Waals surface area contributed by atoms with Crippen LogP contribution in [0.2, 0.25) is 0 Å². The Labute approximate surface area is 116 Å². The Hall–Kier alpha value is -2.57. The van der Waals surface area contributed by atoms with Crippen LogP contribution >= 0.6 is 0 Å². The molecule has 0 aliphatic rings. The zero-order valence-corrected chi connectivity index (χ0v) is 11.5. The molecule has 0 spiro atoms. The van der Waals surface area contributed by atoms with Crippen LogP contribution in [-0.4, -0.2) is 41.6 Å². The van der Waals surface area contributed by atoms with E-state index in [9.17, 15) is 4.79 Å². The molecule has 0 aliphatic heterocycles. The van der Waals surface area contributed by atoms with E-state index in [1.165, 1.54) is 7.11 Å². The van der Waals surface area contributed by atoms with Crippen molar-refractivity contribution in [1.29, 1.82) is 0 Å². The summed E-state index contributed by atoms with van der Waals surface area (Å²) >= 11 is 0. The Morgan fingerprint density at radius 2 is 1.95 bits per heavy atom. The van der Waals surface area contributed by atoms with E-state index in [4.69, 9.17) is 9.47 Å². The molecule has 1 aromatic carbocycles. The topological polar surface area (TPSA) is 75.5 Å². The number of aromatic nitrogens is 3. The maximum Gasteiger partial charge on any atom is 0.344 e. The van der Waals surface area contributed by atoms with Gasteiger partial charge in [-0.05, 0) is 24.3 Å². The average Bonchev–Trinajstić information content (AvgIpc) is 2.86. The van der Waals surface area contributed by atoms with Gasteiger partial charge in [-0.15, -0.1) is 5.10 Å². The Balaban J connectivity index is 2.15. The van der Waals surface area contributed by atoms with E-state index in [0.717, 1.165) is 11.3 Å². The van der Waals surface area contributed by atoms with Crippen molar-refractivity contribution >= 4 is 5.97 Å². The van der Waals surface area contributed by atoms with E-state index >= 15 is 0 Å². The second kappa shape index (κ2) is 6.05. The Morgan fingerprint density at radius 3 is 2.55 bits per heavy atom. The summed E-state index contributed by atoms with van der Waals surface area (Å²) in [5.41, 5.74) is 0.869. The van der Waals surface area contributed by atoms with Crippen LogP contribution in [0.3, 0.4) is 0 Å². The fourth-order valence-corrected chi connectivity index (χ4v) is 1.60. The van der Waals surface area contributed by atoms with Gasteiger partial charge in [0.2, 0.25) is 0 Å². The molecule has 1 aromatic heterocycles. The summed E-state index contributed by atoms with van der Waals surface area (Å²) in [6, 6.07) is 7.53. The van der Waals surface area contributed by atoms with Gasteiger partial charge in [0.15, 0.2) is 12.4 Å². The zero-order valence-electron chi connectivity index (χ0n) is 11.5. The minimum atomic E-state index is -0.483. The smallest absolute Gasteiger partial charge is 0.344 e. The minimum Gasteiger partial charge on any atom is -0.497 e. The Bertz CT molecular complexity index is 592. The highest BCUT2D eigenvalue weighted by molar-refractivity contribution is 5.70. The molecule has 0 bridgehead atoms. The summed E-state index contributed by atoms with van der Waals surface area (Å²) in [4.78, 5) is 15.2. The first-order valence-electron chi connectivity index (χ1n) is 5.89. The number of hydrogen-bond acceptors (Lipinski definition) is 6. The van der Waals surface area contributed by atoms with Gasteiger partial charge in [0.05, 0.1) is 14.2 Å². The summed E-state index contributed by atoms with van der Waals surface area (Å²) in [5, 5.41) is 4.08. The maximum atomic E-state index is 11.0. The molecule has 0 unspecified atom stereocenters. The fraction of sp³-hybridized carbons (Fsp3) is 0.308. The van der Waals surface area contributed by atoms with E-state index in [1.54, 1.807) is 18.8 Å². The van der Waals surface area contributed by atoms with Crippen molar-refractivity contribution in [2.24, 2.45) is 7.05 Å². The molecule has 2 rings (SSSR count). The fourth-order valence-electron chi connectivity index (χ4n) is 1.60. The van der Waals surface area contributed by atoms with Crippen molar-refractivity contribution in [3.05, 3.63) is 24.3 Å². The highest BCUT2D eigenvalue weighted by atomic mass is 16.6. The number of aryl methyl sites for hydroxylation is 1. The number of benzene rings is 1. The third kappa shape index (κ3) is 3.05. The lowest BCUT2D eigenvalue weighted by Gasteiger charge is -2.01. The number of ether oxygens (including phenoxy) is 3. The minimum absolute atomic E-state index is 0.128. The number of esters is 1. The van der Waals surface area contributed by atoms with Crippen molar-refractivity contribution in [1.82, 2.24) is 14.8 Å². The molecule has 0 saturated carbocycles. The van der Waals surface area contributed by atoms with Crippen LogP contribution in [0.15, 0.2) is 24.3 Å². The van der Waals surface area contributed by atoms with Gasteiger partial charge >= 0.3 is 12.0 Å². The molecule has 0 N–H and O–H groups in total. The van der Waals surface area contributed by atoms with Gasteiger partial charge in [0, 0.05) is 12.6 Å². The molecule has 7 nitrogen and oxygen atoms in total. The molecule has 0 amide bonds. The molecule has 0 radical (unpaired) electrons. The lowest BCUT2D eigenvalue weighted by atomic mass is 10.2. The molecule has 0 aliphatic carbocycles. The van der Waals surface area contributed by atoms with Crippen LogP contribution in [-0.2, 0) is 16.6 Å². The average molecular weight is 277 g/mol. The highest BCUT2D eigenvalue weighted by Crippen LogP contribution is 2.21. The summed E-state index contributed by atoms with van der Waals surface area (Å²) in [5.74, 6) is 0.911. The largest absolute Gasteiger partial charge is 0.497 e. The molecule has 0 fully saturated rings. The number of carbonyl (C=O) groups excluding carboxylic acids is 1. The first-order valence-corrected chi connectivity index (χ1v) is 5.89. The van der Waals surface area contributed by atoms with E-state index in [1.807, 2.05) is 24.3 Å². The lowest BCUT2D eigenvalue weighted by Crippen LogP contribution is -2.13. The number of methoxy groups -OCH3 is 2. The van der Waals surface area contributed by atoms with E-state index in [0.29, 0.717) is 5.82 Å². The number of hydrogen-bond donors (Lipinski definition) is 0. The third-order valence-corrected chi connectivity index (χ3v) is 2.64. The lowest BCUT2D eigenvalue weighted by molar-refractivity contribution is -0.143. The van der Waals surface area contributed by atoms with E-state index in [-0.39, 0.29) is 12.6 Å². The van der Waals surface area contributed by atoms with Crippen LogP contribution in [0.1, 0.15) is 0 Å². The molecule has 0 atom stereocenters. The van der Waals surface area contributed by atoms with Gasteiger partial charge < -0.3 is 14.2 Å². The van der Waals surface area contributed by atoms with Gasteiger partial charge in [-0.3, -0.25) is 0 Å². The van der Waals surface area contributed by atoms with Crippen LogP contribution in [0, 0.1) is 0 Å². The van der Waals surface area contributed by atoms with Crippen molar-refractivity contribution in [3.63, 3.8) is 0 Å². The predicted molar refractivity (Wildman–Crippen MR) is 70.5 cm³/mol. The second-order valence-electron chi connectivity index (χ2n) is 3.93. The number of nitrogens with zero attached hydrogens (tertiary/aromatic N) is 3. The summed E-state index contributed by atoms with van der Waals surface area (Å²) in [6.07, 6.45) is 0. The standard InChI is InChI=1S/C13H15N3O4/c1-16-12(9-4-6-10(18-2)7-5-9)14-13(15-16)20-8-11(17)19-3/h4-7H,8H2,1-3H3. The molecule has 20 heavy (non-hydrogen) atoms. The van der Waals surface area contributed by atoms with Gasteiger partial charge in [-0.1, -0.05) is 0 Å². The van der Waals surface area contributed by atoms with Gasteiger partial charge in [0.25, 0.3) is 0 Å². The van der Waals surface area contributed by atoms with Gasteiger partial charge in [0.1, 0.15) is 5.75 Å². The molecule has 1 heterocycles. The molecular formula is C13H15N3O4. The first-order chi connectivity index (χ1) is 9.63.